The summed E-state index contributed by atoms with van der Waals surface area (Å²) in [4.78, 5) is 11.2. The van der Waals surface area contributed by atoms with E-state index >= 15 is 0 Å². The number of rotatable bonds is 4. The lowest BCUT2D eigenvalue weighted by atomic mass is 10.1. The molecule has 0 fully saturated rings. The molecule has 0 saturated heterocycles. The Balaban J connectivity index is 1.98. The highest BCUT2D eigenvalue weighted by Gasteiger charge is 2.08. The molecule has 0 spiro atoms. The molecule has 0 heterocycles. The molecule has 0 N–H and O–H groups in total. The zero-order valence-corrected chi connectivity index (χ0v) is 11.0. The summed E-state index contributed by atoms with van der Waals surface area (Å²) in [6.45, 7) is 0.454. The van der Waals surface area contributed by atoms with E-state index in [-0.39, 0.29) is 0 Å². The van der Waals surface area contributed by atoms with Crippen LogP contribution in [0.2, 0.25) is 0 Å². The van der Waals surface area contributed by atoms with E-state index in [9.17, 15) is 4.79 Å². The standard InChI is InChI=1S/C18H14O2/c19-12-16-11-10-15-8-4-5-9-17(15)18(16)20-13-14-6-2-1-3-7-14/h1-12H,13H2. The van der Waals surface area contributed by atoms with Gasteiger partial charge in [0.2, 0.25) is 0 Å². The minimum Gasteiger partial charge on any atom is -0.488 e. The molecule has 98 valence electrons. The van der Waals surface area contributed by atoms with Gasteiger partial charge in [-0.1, -0.05) is 60.7 Å². The number of ether oxygens (including phenoxy) is 1. The summed E-state index contributed by atoms with van der Waals surface area (Å²) in [6.07, 6.45) is 0.840. The molecule has 0 unspecified atom stereocenters. The maximum Gasteiger partial charge on any atom is 0.153 e. The first kappa shape index (κ1) is 12.4. The predicted octanol–water partition coefficient (Wildman–Crippen LogP) is 4.23. The first-order chi connectivity index (χ1) is 9.88. The number of carbonyl (C=O) groups excluding carboxylic acids is 1. The minimum absolute atomic E-state index is 0.454. The number of aldehydes is 1. The van der Waals surface area contributed by atoms with Gasteiger partial charge in [0.25, 0.3) is 0 Å². The van der Waals surface area contributed by atoms with E-state index in [1.807, 2.05) is 60.7 Å². The SMILES string of the molecule is O=Cc1ccc2ccccc2c1OCc1ccccc1. The molecule has 3 aromatic rings. The minimum atomic E-state index is 0.454. The van der Waals surface area contributed by atoms with Crippen molar-refractivity contribution in [3.63, 3.8) is 0 Å². The molecule has 0 atom stereocenters. The van der Waals surface area contributed by atoms with Crippen LogP contribution >= 0.6 is 0 Å². The maximum atomic E-state index is 11.2. The molecule has 0 bridgehead atoms. The van der Waals surface area contributed by atoms with Crippen molar-refractivity contribution < 1.29 is 9.53 Å². The molecule has 0 saturated carbocycles. The van der Waals surface area contributed by atoms with Crippen LogP contribution in [0.4, 0.5) is 0 Å². The largest absolute Gasteiger partial charge is 0.488 e. The summed E-state index contributed by atoms with van der Waals surface area (Å²) >= 11 is 0. The van der Waals surface area contributed by atoms with E-state index in [0.717, 1.165) is 22.6 Å². The summed E-state index contributed by atoms with van der Waals surface area (Å²) in [6, 6.07) is 21.6. The Kier molecular flexibility index (Phi) is 3.46. The molecular formula is C18H14O2. The molecule has 0 aromatic heterocycles. The van der Waals surface area contributed by atoms with Crippen LogP contribution in [0.25, 0.3) is 10.8 Å². The van der Waals surface area contributed by atoms with E-state index in [4.69, 9.17) is 4.74 Å². The van der Waals surface area contributed by atoms with Gasteiger partial charge >= 0.3 is 0 Å². The highest BCUT2D eigenvalue weighted by molar-refractivity contribution is 5.96. The second kappa shape index (κ2) is 5.57. The maximum absolute atomic E-state index is 11.2. The highest BCUT2D eigenvalue weighted by atomic mass is 16.5. The third-order valence-corrected chi connectivity index (χ3v) is 3.26. The number of fused-ring (bicyclic) bond motifs is 1. The number of carbonyl (C=O) groups is 1. The van der Waals surface area contributed by atoms with Gasteiger partial charge in [-0.15, -0.1) is 0 Å². The summed E-state index contributed by atoms with van der Waals surface area (Å²) < 4.78 is 5.90. The van der Waals surface area contributed by atoms with Gasteiger partial charge in [-0.05, 0) is 17.0 Å². The summed E-state index contributed by atoms with van der Waals surface area (Å²) in [5.41, 5.74) is 1.66. The molecule has 0 aliphatic heterocycles. The smallest absolute Gasteiger partial charge is 0.153 e. The average molecular weight is 262 g/mol. The topological polar surface area (TPSA) is 26.3 Å². The predicted molar refractivity (Wildman–Crippen MR) is 80.1 cm³/mol. The fourth-order valence-electron chi connectivity index (χ4n) is 2.24. The van der Waals surface area contributed by atoms with Crippen LogP contribution in [0, 0.1) is 0 Å². The van der Waals surface area contributed by atoms with Gasteiger partial charge in [0, 0.05) is 5.39 Å². The monoisotopic (exact) mass is 262 g/mol. The normalized spacial score (nSPS) is 10.4. The van der Waals surface area contributed by atoms with E-state index in [1.54, 1.807) is 6.07 Å². The zero-order chi connectivity index (χ0) is 13.8. The lowest BCUT2D eigenvalue weighted by Crippen LogP contribution is -1.99. The van der Waals surface area contributed by atoms with Crippen LogP contribution in [-0.4, -0.2) is 6.29 Å². The molecular weight excluding hydrogens is 248 g/mol. The Morgan fingerprint density at radius 3 is 2.40 bits per heavy atom. The van der Waals surface area contributed by atoms with Crippen LogP contribution < -0.4 is 4.74 Å². The van der Waals surface area contributed by atoms with E-state index in [1.165, 1.54) is 0 Å². The van der Waals surface area contributed by atoms with Crippen LogP contribution in [0.5, 0.6) is 5.75 Å². The molecule has 0 aliphatic rings. The van der Waals surface area contributed by atoms with Crippen LogP contribution in [-0.2, 0) is 6.61 Å². The van der Waals surface area contributed by atoms with Crippen molar-refractivity contribution in [1.29, 1.82) is 0 Å². The van der Waals surface area contributed by atoms with E-state index < -0.39 is 0 Å². The molecule has 0 radical (unpaired) electrons. The first-order valence-electron chi connectivity index (χ1n) is 6.52. The number of hydrogen-bond donors (Lipinski definition) is 0. The fraction of sp³-hybridized carbons (Fsp3) is 0.0556. The third kappa shape index (κ3) is 2.41. The molecule has 2 heteroatoms. The van der Waals surface area contributed by atoms with Crippen molar-refractivity contribution in [2.75, 3.05) is 0 Å². The Hall–Kier alpha value is -2.61. The quantitative estimate of drug-likeness (QED) is 0.658. The van der Waals surface area contributed by atoms with Gasteiger partial charge < -0.3 is 4.74 Å². The molecule has 20 heavy (non-hydrogen) atoms. The lowest BCUT2D eigenvalue weighted by Gasteiger charge is -2.11. The second-order valence-corrected chi connectivity index (χ2v) is 4.60. The van der Waals surface area contributed by atoms with Crippen LogP contribution in [0.15, 0.2) is 66.7 Å². The van der Waals surface area contributed by atoms with Crippen molar-refractivity contribution in [3.8, 4) is 5.75 Å². The van der Waals surface area contributed by atoms with Gasteiger partial charge in [-0.2, -0.15) is 0 Å². The molecule has 3 rings (SSSR count). The van der Waals surface area contributed by atoms with Gasteiger partial charge in [0.1, 0.15) is 12.4 Å². The van der Waals surface area contributed by atoms with Crippen molar-refractivity contribution >= 4 is 17.1 Å². The lowest BCUT2D eigenvalue weighted by molar-refractivity contribution is 0.111. The Morgan fingerprint density at radius 2 is 1.60 bits per heavy atom. The van der Waals surface area contributed by atoms with Crippen molar-refractivity contribution in [2.24, 2.45) is 0 Å². The van der Waals surface area contributed by atoms with E-state index in [2.05, 4.69) is 0 Å². The number of hydrogen-bond acceptors (Lipinski definition) is 2. The molecule has 3 aromatic carbocycles. The summed E-state index contributed by atoms with van der Waals surface area (Å²) in [7, 11) is 0. The summed E-state index contributed by atoms with van der Waals surface area (Å²) in [5.74, 6) is 0.655. The van der Waals surface area contributed by atoms with Gasteiger partial charge in [-0.3, -0.25) is 4.79 Å². The van der Waals surface area contributed by atoms with Crippen LogP contribution in [0.1, 0.15) is 15.9 Å². The summed E-state index contributed by atoms with van der Waals surface area (Å²) in [5, 5.41) is 2.04. The third-order valence-electron chi connectivity index (χ3n) is 3.26. The Bertz CT molecular complexity index is 733. The van der Waals surface area contributed by atoms with Crippen molar-refractivity contribution in [2.45, 2.75) is 6.61 Å². The van der Waals surface area contributed by atoms with Crippen molar-refractivity contribution in [1.82, 2.24) is 0 Å². The Morgan fingerprint density at radius 1 is 0.850 bits per heavy atom. The first-order valence-corrected chi connectivity index (χ1v) is 6.52. The number of benzene rings is 3. The van der Waals surface area contributed by atoms with Crippen molar-refractivity contribution in [3.05, 3.63) is 77.9 Å². The van der Waals surface area contributed by atoms with Crippen LogP contribution in [0.3, 0.4) is 0 Å². The highest BCUT2D eigenvalue weighted by Crippen LogP contribution is 2.29. The average Bonchev–Trinajstić information content (AvgIpc) is 2.53. The molecule has 0 amide bonds. The Labute approximate surface area is 117 Å². The van der Waals surface area contributed by atoms with Gasteiger partial charge in [-0.25, -0.2) is 0 Å². The van der Waals surface area contributed by atoms with E-state index in [0.29, 0.717) is 17.9 Å². The fourth-order valence-corrected chi connectivity index (χ4v) is 2.24. The molecule has 2 nitrogen and oxygen atoms in total. The van der Waals surface area contributed by atoms with Gasteiger partial charge in [0.15, 0.2) is 6.29 Å². The van der Waals surface area contributed by atoms with Gasteiger partial charge in [0.05, 0.1) is 5.56 Å². The second-order valence-electron chi connectivity index (χ2n) is 4.60. The zero-order valence-electron chi connectivity index (χ0n) is 11.0. The molecule has 0 aliphatic carbocycles.